The zero-order valence-corrected chi connectivity index (χ0v) is 12.8. The van der Waals surface area contributed by atoms with Crippen LogP contribution in [0.3, 0.4) is 0 Å². The standard InChI is InChI=1S/C19H21NO2/c1-2-13-20-17(21)14-19(22,16-11-7-4-8-12-16)18(20)15-9-5-3-6-10-15/h3-12,18,22H,2,13-14H2,1H3. The molecule has 3 rings (SSSR count). The summed E-state index contributed by atoms with van der Waals surface area (Å²) in [5.74, 6) is 0.0158. The van der Waals surface area contributed by atoms with E-state index < -0.39 is 5.60 Å². The van der Waals surface area contributed by atoms with Gasteiger partial charge < -0.3 is 10.0 Å². The molecule has 1 fully saturated rings. The summed E-state index contributed by atoms with van der Waals surface area (Å²) in [4.78, 5) is 14.3. The minimum absolute atomic E-state index is 0.0158. The van der Waals surface area contributed by atoms with Crippen LogP contribution in [0.15, 0.2) is 60.7 Å². The van der Waals surface area contributed by atoms with Gasteiger partial charge in [-0.2, -0.15) is 0 Å². The second kappa shape index (κ2) is 5.93. The topological polar surface area (TPSA) is 40.5 Å². The fraction of sp³-hybridized carbons (Fsp3) is 0.316. The quantitative estimate of drug-likeness (QED) is 0.940. The summed E-state index contributed by atoms with van der Waals surface area (Å²) in [5, 5.41) is 11.4. The average Bonchev–Trinajstić information content (AvgIpc) is 2.81. The maximum Gasteiger partial charge on any atom is 0.226 e. The van der Waals surface area contributed by atoms with Gasteiger partial charge in [0.1, 0.15) is 5.60 Å². The van der Waals surface area contributed by atoms with Crippen LogP contribution in [0.2, 0.25) is 0 Å². The summed E-state index contributed by atoms with van der Waals surface area (Å²) in [6.45, 7) is 2.71. The van der Waals surface area contributed by atoms with Gasteiger partial charge in [0, 0.05) is 6.54 Å². The van der Waals surface area contributed by atoms with Crippen LogP contribution in [0.1, 0.15) is 36.9 Å². The van der Waals surface area contributed by atoms with E-state index in [1.54, 1.807) is 0 Å². The third kappa shape index (κ3) is 2.42. The first-order chi connectivity index (χ1) is 10.7. The lowest BCUT2D eigenvalue weighted by Crippen LogP contribution is -2.36. The van der Waals surface area contributed by atoms with Gasteiger partial charge in [-0.1, -0.05) is 67.6 Å². The lowest BCUT2D eigenvalue weighted by molar-refractivity contribution is -0.129. The molecule has 2 aromatic carbocycles. The highest BCUT2D eigenvalue weighted by Gasteiger charge is 2.51. The van der Waals surface area contributed by atoms with Gasteiger partial charge in [0.05, 0.1) is 12.5 Å². The second-order valence-corrected chi connectivity index (χ2v) is 5.87. The van der Waals surface area contributed by atoms with Crippen molar-refractivity contribution < 1.29 is 9.90 Å². The predicted molar refractivity (Wildman–Crippen MR) is 86.1 cm³/mol. The summed E-state index contributed by atoms with van der Waals surface area (Å²) in [5.41, 5.74) is 0.610. The molecule has 22 heavy (non-hydrogen) atoms. The Hall–Kier alpha value is -2.13. The van der Waals surface area contributed by atoms with E-state index in [9.17, 15) is 9.90 Å². The molecule has 0 spiro atoms. The molecule has 114 valence electrons. The molecule has 1 heterocycles. The predicted octanol–water partition coefficient (Wildman–Crippen LogP) is 3.26. The van der Waals surface area contributed by atoms with E-state index in [4.69, 9.17) is 0 Å². The largest absolute Gasteiger partial charge is 0.382 e. The Kier molecular flexibility index (Phi) is 3.99. The molecule has 2 unspecified atom stereocenters. The molecule has 1 aliphatic heterocycles. The first kappa shape index (κ1) is 14.8. The Morgan fingerprint density at radius 3 is 2.27 bits per heavy atom. The van der Waals surface area contributed by atoms with Crippen LogP contribution in [-0.2, 0) is 10.4 Å². The van der Waals surface area contributed by atoms with Gasteiger partial charge in [-0.25, -0.2) is 0 Å². The van der Waals surface area contributed by atoms with Crippen LogP contribution in [-0.4, -0.2) is 22.5 Å². The van der Waals surface area contributed by atoms with Gasteiger partial charge in [-0.05, 0) is 17.5 Å². The van der Waals surface area contributed by atoms with E-state index >= 15 is 0 Å². The molecule has 3 nitrogen and oxygen atoms in total. The number of hydrogen-bond donors (Lipinski definition) is 1. The number of hydrogen-bond acceptors (Lipinski definition) is 2. The molecule has 1 amide bonds. The van der Waals surface area contributed by atoms with Crippen molar-refractivity contribution in [1.82, 2.24) is 4.90 Å². The van der Waals surface area contributed by atoms with E-state index in [-0.39, 0.29) is 18.4 Å². The van der Waals surface area contributed by atoms with Crippen molar-refractivity contribution in [2.45, 2.75) is 31.4 Å². The van der Waals surface area contributed by atoms with Gasteiger partial charge in [-0.3, -0.25) is 4.79 Å². The molecular formula is C19H21NO2. The van der Waals surface area contributed by atoms with Crippen molar-refractivity contribution in [3.8, 4) is 0 Å². The molecule has 0 radical (unpaired) electrons. The first-order valence-corrected chi connectivity index (χ1v) is 7.79. The zero-order chi connectivity index (χ0) is 15.6. The summed E-state index contributed by atoms with van der Waals surface area (Å²) in [6.07, 6.45) is 1.01. The summed E-state index contributed by atoms with van der Waals surface area (Å²) in [7, 11) is 0. The summed E-state index contributed by atoms with van der Waals surface area (Å²) < 4.78 is 0. The normalized spacial score (nSPS) is 24.7. The Labute approximate surface area is 131 Å². The third-order valence-electron chi connectivity index (χ3n) is 4.36. The number of carbonyl (C=O) groups is 1. The first-order valence-electron chi connectivity index (χ1n) is 7.79. The van der Waals surface area contributed by atoms with Gasteiger partial charge in [0.25, 0.3) is 0 Å². The molecule has 0 saturated carbocycles. The maximum absolute atomic E-state index is 12.5. The lowest BCUT2D eigenvalue weighted by atomic mass is 9.83. The van der Waals surface area contributed by atoms with Crippen LogP contribution in [0.25, 0.3) is 0 Å². The number of aliphatic hydroxyl groups is 1. The molecule has 2 atom stereocenters. The van der Waals surface area contributed by atoms with Gasteiger partial charge in [0.2, 0.25) is 5.91 Å². The van der Waals surface area contributed by atoms with Crippen molar-refractivity contribution in [3.63, 3.8) is 0 Å². The minimum atomic E-state index is -1.17. The molecule has 1 aliphatic rings. The summed E-state index contributed by atoms with van der Waals surface area (Å²) in [6, 6.07) is 19.0. The Balaban J connectivity index is 2.10. The highest BCUT2D eigenvalue weighted by Crippen LogP contribution is 2.47. The van der Waals surface area contributed by atoms with E-state index in [0.29, 0.717) is 6.54 Å². The van der Waals surface area contributed by atoms with Crippen molar-refractivity contribution >= 4 is 5.91 Å². The number of rotatable bonds is 4. The fourth-order valence-corrected chi connectivity index (χ4v) is 3.40. The highest BCUT2D eigenvalue weighted by molar-refractivity contribution is 5.81. The number of amides is 1. The van der Waals surface area contributed by atoms with Gasteiger partial charge >= 0.3 is 0 Å². The molecule has 1 saturated heterocycles. The van der Waals surface area contributed by atoms with Crippen LogP contribution in [0, 0.1) is 0 Å². The summed E-state index contributed by atoms with van der Waals surface area (Å²) >= 11 is 0. The van der Waals surface area contributed by atoms with Gasteiger partial charge in [-0.15, -0.1) is 0 Å². The fourth-order valence-electron chi connectivity index (χ4n) is 3.40. The average molecular weight is 295 g/mol. The SMILES string of the molecule is CCCN1C(=O)CC(O)(c2ccccc2)C1c1ccccc1. The van der Waals surface area contributed by atoms with E-state index in [1.165, 1.54) is 0 Å². The second-order valence-electron chi connectivity index (χ2n) is 5.87. The van der Waals surface area contributed by atoms with Crippen LogP contribution < -0.4 is 0 Å². The van der Waals surface area contributed by atoms with Gasteiger partial charge in [0.15, 0.2) is 0 Å². The number of carbonyl (C=O) groups excluding carboxylic acids is 1. The van der Waals surface area contributed by atoms with Crippen LogP contribution in [0.4, 0.5) is 0 Å². The van der Waals surface area contributed by atoms with E-state index in [0.717, 1.165) is 17.5 Å². The zero-order valence-electron chi connectivity index (χ0n) is 12.8. The highest BCUT2D eigenvalue weighted by atomic mass is 16.3. The smallest absolute Gasteiger partial charge is 0.226 e. The lowest BCUT2D eigenvalue weighted by Gasteiger charge is -2.34. The Morgan fingerprint density at radius 1 is 1.09 bits per heavy atom. The monoisotopic (exact) mass is 295 g/mol. The number of benzene rings is 2. The minimum Gasteiger partial charge on any atom is -0.382 e. The molecule has 0 aromatic heterocycles. The molecule has 1 N–H and O–H groups in total. The van der Waals surface area contributed by atoms with Crippen LogP contribution in [0.5, 0.6) is 0 Å². The molecule has 0 aliphatic carbocycles. The molecule has 0 bridgehead atoms. The molecule has 3 heteroatoms. The number of likely N-dealkylation sites (tertiary alicyclic amines) is 1. The maximum atomic E-state index is 12.5. The van der Waals surface area contributed by atoms with Crippen LogP contribution >= 0.6 is 0 Å². The van der Waals surface area contributed by atoms with Crippen molar-refractivity contribution in [1.29, 1.82) is 0 Å². The number of nitrogens with zero attached hydrogens (tertiary/aromatic N) is 1. The molecule has 2 aromatic rings. The third-order valence-corrected chi connectivity index (χ3v) is 4.36. The van der Waals surface area contributed by atoms with Crippen molar-refractivity contribution in [2.75, 3.05) is 6.54 Å². The Bertz CT molecular complexity index is 641. The molecular weight excluding hydrogens is 274 g/mol. The van der Waals surface area contributed by atoms with E-state index in [2.05, 4.69) is 6.92 Å². The Morgan fingerprint density at radius 2 is 1.68 bits per heavy atom. The van der Waals surface area contributed by atoms with E-state index in [1.807, 2.05) is 65.6 Å². The van der Waals surface area contributed by atoms with Crippen molar-refractivity contribution in [3.05, 3.63) is 71.8 Å². The van der Waals surface area contributed by atoms with Crippen molar-refractivity contribution in [2.24, 2.45) is 0 Å².